The summed E-state index contributed by atoms with van der Waals surface area (Å²) in [5.74, 6) is 0.402. The van der Waals surface area contributed by atoms with E-state index in [0.29, 0.717) is 11.8 Å². The van der Waals surface area contributed by atoms with Crippen LogP contribution in [0, 0.1) is 23.7 Å². The van der Waals surface area contributed by atoms with Crippen LogP contribution in [0.3, 0.4) is 0 Å². The zero-order chi connectivity index (χ0) is 15.3. The Labute approximate surface area is 122 Å². The second kappa shape index (κ2) is 7.50. The lowest BCUT2D eigenvalue weighted by Crippen LogP contribution is -2.49. The minimum atomic E-state index is -0.560. The zero-order valence-corrected chi connectivity index (χ0v) is 13.1. The molecule has 0 aromatic carbocycles. The van der Waals surface area contributed by atoms with Crippen molar-refractivity contribution in [3.63, 3.8) is 0 Å². The van der Waals surface area contributed by atoms with Crippen LogP contribution in [0.25, 0.3) is 0 Å². The van der Waals surface area contributed by atoms with E-state index in [9.17, 15) is 4.79 Å². The van der Waals surface area contributed by atoms with E-state index in [1.54, 1.807) is 0 Å². The smallest absolute Gasteiger partial charge is 0.231 e. The van der Waals surface area contributed by atoms with E-state index in [1.165, 1.54) is 12.8 Å². The molecule has 0 bridgehead atoms. The van der Waals surface area contributed by atoms with Gasteiger partial charge in [0.25, 0.3) is 0 Å². The summed E-state index contributed by atoms with van der Waals surface area (Å²) < 4.78 is 0. The number of hydrogen-bond acceptors (Lipinski definition) is 3. The lowest BCUT2D eigenvalue weighted by molar-refractivity contribution is -0.125. The fourth-order valence-corrected chi connectivity index (χ4v) is 3.25. The van der Waals surface area contributed by atoms with Crippen LogP contribution < -0.4 is 11.1 Å². The van der Waals surface area contributed by atoms with Gasteiger partial charge in [-0.2, -0.15) is 0 Å². The number of nitrogens with one attached hydrogen (secondary N) is 1. The van der Waals surface area contributed by atoms with E-state index in [0.717, 1.165) is 12.8 Å². The van der Waals surface area contributed by atoms with Gasteiger partial charge in [-0.1, -0.05) is 45.7 Å². The van der Waals surface area contributed by atoms with Gasteiger partial charge in [-0.05, 0) is 30.6 Å². The molecule has 3 atom stereocenters. The zero-order valence-electron chi connectivity index (χ0n) is 13.1. The fourth-order valence-electron chi connectivity index (χ4n) is 3.25. The standard InChI is InChI=1S/C15H29N3O2/c1-9(2)11-7-5-6-8-12(11)17-15(19)13(10(3)4)14(16)18-20/h9-13,20H,5-8H2,1-4H3,(H2,16,18)(H,17,19). The normalized spacial score (nSPS) is 25.8. The summed E-state index contributed by atoms with van der Waals surface area (Å²) >= 11 is 0. The highest BCUT2D eigenvalue weighted by atomic mass is 16.4. The van der Waals surface area contributed by atoms with Crippen LogP contribution in [0.15, 0.2) is 5.16 Å². The Morgan fingerprint density at radius 1 is 1.25 bits per heavy atom. The first-order valence-electron chi connectivity index (χ1n) is 7.66. The van der Waals surface area contributed by atoms with Crippen molar-refractivity contribution in [2.45, 2.75) is 59.4 Å². The van der Waals surface area contributed by atoms with E-state index in [2.05, 4.69) is 24.3 Å². The topological polar surface area (TPSA) is 87.7 Å². The van der Waals surface area contributed by atoms with Gasteiger partial charge in [0.15, 0.2) is 5.84 Å². The van der Waals surface area contributed by atoms with Crippen molar-refractivity contribution < 1.29 is 10.0 Å². The number of nitrogens with zero attached hydrogens (tertiary/aromatic N) is 1. The molecule has 0 aromatic heterocycles. The molecule has 1 aliphatic carbocycles. The van der Waals surface area contributed by atoms with E-state index in [4.69, 9.17) is 10.9 Å². The van der Waals surface area contributed by atoms with Crippen LogP contribution in [-0.2, 0) is 4.79 Å². The third-order valence-electron chi connectivity index (χ3n) is 4.39. The third kappa shape index (κ3) is 4.12. The molecule has 0 heterocycles. The van der Waals surface area contributed by atoms with Crippen molar-refractivity contribution >= 4 is 11.7 Å². The van der Waals surface area contributed by atoms with Crippen LogP contribution in [0.4, 0.5) is 0 Å². The molecule has 1 saturated carbocycles. The molecule has 0 spiro atoms. The Bertz CT molecular complexity index is 353. The molecule has 1 amide bonds. The van der Waals surface area contributed by atoms with Crippen molar-refractivity contribution in [2.24, 2.45) is 34.6 Å². The Hall–Kier alpha value is -1.26. The number of carbonyl (C=O) groups excluding carboxylic acids is 1. The molecule has 4 N–H and O–H groups in total. The molecule has 116 valence electrons. The second-order valence-electron chi connectivity index (χ2n) is 6.55. The van der Waals surface area contributed by atoms with Gasteiger partial charge in [-0.3, -0.25) is 4.79 Å². The summed E-state index contributed by atoms with van der Waals surface area (Å²) in [6.45, 7) is 8.23. The summed E-state index contributed by atoms with van der Waals surface area (Å²) in [7, 11) is 0. The molecule has 5 nitrogen and oxygen atoms in total. The van der Waals surface area contributed by atoms with Crippen LogP contribution in [0.2, 0.25) is 0 Å². The monoisotopic (exact) mass is 283 g/mol. The minimum absolute atomic E-state index is 0.00518. The Morgan fingerprint density at radius 2 is 1.85 bits per heavy atom. The van der Waals surface area contributed by atoms with Crippen molar-refractivity contribution in [3.8, 4) is 0 Å². The van der Waals surface area contributed by atoms with Crippen LogP contribution in [-0.4, -0.2) is 23.0 Å². The molecule has 0 aliphatic heterocycles. The van der Waals surface area contributed by atoms with Crippen LogP contribution in [0.1, 0.15) is 53.4 Å². The molecule has 0 aromatic rings. The van der Waals surface area contributed by atoms with Gasteiger partial charge in [0, 0.05) is 6.04 Å². The van der Waals surface area contributed by atoms with Gasteiger partial charge in [-0.15, -0.1) is 0 Å². The molecule has 3 unspecified atom stereocenters. The molecule has 0 radical (unpaired) electrons. The van der Waals surface area contributed by atoms with E-state index in [-0.39, 0.29) is 23.7 Å². The van der Waals surface area contributed by atoms with Gasteiger partial charge < -0.3 is 16.3 Å². The number of hydrogen-bond donors (Lipinski definition) is 3. The SMILES string of the molecule is CC(C)C(C(=O)NC1CCCCC1C(C)C)C(N)=NO. The van der Waals surface area contributed by atoms with Gasteiger partial charge in [0.1, 0.15) is 5.92 Å². The molecule has 0 saturated heterocycles. The van der Waals surface area contributed by atoms with E-state index >= 15 is 0 Å². The van der Waals surface area contributed by atoms with Crippen LogP contribution in [0.5, 0.6) is 0 Å². The fraction of sp³-hybridized carbons (Fsp3) is 0.867. The highest BCUT2D eigenvalue weighted by Gasteiger charge is 2.33. The van der Waals surface area contributed by atoms with Gasteiger partial charge in [0.05, 0.1) is 0 Å². The first-order chi connectivity index (χ1) is 9.38. The van der Waals surface area contributed by atoms with Crippen molar-refractivity contribution in [3.05, 3.63) is 0 Å². The largest absolute Gasteiger partial charge is 0.409 e. The van der Waals surface area contributed by atoms with Gasteiger partial charge in [0.2, 0.25) is 5.91 Å². The maximum atomic E-state index is 12.4. The Balaban J connectivity index is 2.76. The average Bonchev–Trinajstić information content (AvgIpc) is 2.38. The number of amidine groups is 1. The highest BCUT2D eigenvalue weighted by molar-refractivity contribution is 6.02. The lowest BCUT2D eigenvalue weighted by atomic mass is 9.77. The molecule has 1 rings (SSSR count). The molecular formula is C15H29N3O2. The van der Waals surface area contributed by atoms with Gasteiger partial charge in [-0.25, -0.2) is 0 Å². The summed E-state index contributed by atoms with van der Waals surface area (Å²) in [5, 5.41) is 15.0. The van der Waals surface area contributed by atoms with Gasteiger partial charge >= 0.3 is 0 Å². The molecular weight excluding hydrogens is 254 g/mol. The number of carbonyl (C=O) groups is 1. The first-order valence-corrected chi connectivity index (χ1v) is 7.66. The second-order valence-corrected chi connectivity index (χ2v) is 6.55. The molecule has 20 heavy (non-hydrogen) atoms. The molecule has 5 heteroatoms. The average molecular weight is 283 g/mol. The maximum absolute atomic E-state index is 12.4. The minimum Gasteiger partial charge on any atom is -0.409 e. The van der Waals surface area contributed by atoms with Crippen LogP contribution >= 0.6 is 0 Å². The van der Waals surface area contributed by atoms with E-state index < -0.39 is 5.92 Å². The summed E-state index contributed by atoms with van der Waals surface area (Å²) in [4.78, 5) is 12.4. The number of rotatable bonds is 5. The van der Waals surface area contributed by atoms with Crippen molar-refractivity contribution in [2.75, 3.05) is 0 Å². The maximum Gasteiger partial charge on any atom is 0.231 e. The predicted octanol–water partition coefficient (Wildman–Crippen LogP) is 2.34. The highest BCUT2D eigenvalue weighted by Crippen LogP contribution is 2.30. The lowest BCUT2D eigenvalue weighted by Gasteiger charge is -2.36. The number of oxime groups is 1. The van der Waals surface area contributed by atoms with Crippen molar-refractivity contribution in [1.29, 1.82) is 0 Å². The van der Waals surface area contributed by atoms with Crippen molar-refractivity contribution in [1.82, 2.24) is 5.32 Å². The first kappa shape index (κ1) is 16.8. The predicted molar refractivity (Wildman–Crippen MR) is 80.5 cm³/mol. The molecule has 1 aliphatic rings. The van der Waals surface area contributed by atoms with E-state index in [1.807, 2.05) is 13.8 Å². The summed E-state index contributed by atoms with van der Waals surface area (Å²) in [6.07, 6.45) is 4.58. The Morgan fingerprint density at radius 3 is 2.35 bits per heavy atom. The number of nitrogens with two attached hydrogens (primary N) is 1. The summed E-state index contributed by atoms with van der Waals surface area (Å²) in [5.41, 5.74) is 5.66. The Kier molecular flexibility index (Phi) is 6.30. The third-order valence-corrected chi connectivity index (χ3v) is 4.39. The molecule has 1 fully saturated rings. The number of amides is 1. The summed E-state index contributed by atoms with van der Waals surface area (Å²) in [6, 6.07) is 0.212. The quantitative estimate of drug-likeness (QED) is 0.313.